The van der Waals surface area contributed by atoms with Crippen molar-refractivity contribution in [3.8, 4) is 23.0 Å². The van der Waals surface area contributed by atoms with Crippen LogP contribution < -0.4 is 24.3 Å². The number of methoxy groups -OCH3 is 4. The van der Waals surface area contributed by atoms with Gasteiger partial charge in [-0.2, -0.15) is 0 Å². The molecule has 0 bridgehead atoms. The van der Waals surface area contributed by atoms with Gasteiger partial charge in [-0.05, 0) is 35.9 Å². The van der Waals surface area contributed by atoms with Crippen LogP contribution in [0.5, 0.6) is 23.0 Å². The van der Waals surface area contributed by atoms with Crippen LogP contribution in [0, 0.1) is 0 Å². The average Bonchev–Trinajstić information content (AvgIpc) is 3.08. The molecule has 2 aromatic carbocycles. The van der Waals surface area contributed by atoms with E-state index in [9.17, 15) is 9.59 Å². The molecule has 0 radical (unpaired) electrons. The first-order chi connectivity index (χ1) is 15.9. The third-order valence-electron chi connectivity index (χ3n) is 4.77. The first-order valence-corrected chi connectivity index (χ1v) is 11.1. The maximum Gasteiger partial charge on any atom is 0.266 e. The lowest BCUT2D eigenvalue weighted by atomic mass is 10.1. The molecule has 0 unspecified atom stereocenters. The molecule has 0 atom stereocenters. The number of carbonyl (C=O) groups excluding carboxylic acids is 2. The van der Waals surface area contributed by atoms with Crippen molar-refractivity contribution in [1.82, 2.24) is 4.90 Å². The molecule has 1 saturated heterocycles. The topological polar surface area (TPSA) is 86.3 Å². The van der Waals surface area contributed by atoms with Gasteiger partial charge < -0.3 is 24.3 Å². The molecule has 0 aliphatic carbocycles. The zero-order chi connectivity index (χ0) is 24.0. The van der Waals surface area contributed by atoms with Crippen molar-refractivity contribution in [1.29, 1.82) is 0 Å². The number of carbonyl (C=O) groups is 2. The van der Waals surface area contributed by atoms with Gasteiger partial charge in [0.05, 0.1) is 33.3 Å². The predicted octanol–water partition coefficient (Wildman–Crippen LogP) is 3.95. The van der Waals surface area contributed by atoms with E-state index >= 15 is 0 Å². The number of thiocarbonyl (C=S) groups is 1. The summed E-state index contributed by atoms with van der Waals surface area (Å²) in [5.41, 5.74) is 1.31. The lowest BCUT2D eigenvalue weighted by molar-refractivity contribution is -0.122. The number of anilines is 1. The van der Waals surface area contributed by atoms with Crippen LogP contribution in [0.15, 0.2) is 41.3 Å². The Morgan fingerprint density at radius 2 is 1.76 bits per heavy atom. The number of thioether (sulfide) groups is 1. The molecule has 1 N–H and O–H groups in total. The van der Waals surface area contributed by atoms with Crippen molar-refractivity contribution in [2.24, 2.45) is 0 Å². The molecule has 3 rings (SSSR count). The Labute approximate surface area is 201 Å². The zero-order valence-electron chi connectivity index (χ0n) is 18.7. The standard InChI is InChI=1S/C23H24N2O6S2/c1-28-16-7-5-6-15(13-16)24-20(26)8-9-25-22(27)19(33-23(25)32)12-14-10-17(29-2)21(31-4)18(11-14)30-3/h5-7,10-13H,8-9H2,1-4H3,(H,24,26). The molecule has 2 aromatic rings. The van der Waals surface area contributed by atoms with E-state index in [1.165, 1.54) is 38.0 Å². The van der Waals surface area contributed by atoms with Gasteiger partial charge in [0.25, 0.3) is 5.91 Å². The first kappa shape index (κ1) is 24.4. The fraction of sp³-hybridized carbons (Fsp3) is 0.261. The fourth-order valence-electron chi connectivity index (χ4n) is 3.17. The fourth-order valence-corrected chi connectivity index (χ4v) is 4.48. The van der Waals surface area contributed by atoms with Gasteiger partial charge in [0.1, 0.15) is 10.1 Å². The van der Waals surface area contributed by atoms with E-state index in [4.69, 9.17) is 31.2 Å². The second kappa shape index (κ2) is 11.1. The van der Waals surface area contributed by atoms with Crippen LogP contribution in [-0.2, 0) is 9.59 Å². The molecule has 1 heterocycles. The molecule has 8 nitrogen and oxygen atoms in total. The Balaban J connectivity index is 1.69. The quantitative estimate of drug-likeness (QED) is 0.420. The van der Waals surface area contributed by atoms with E-state index in [0.29, 0.717) is 43.5 Å². The van der Waals surface area contributed by atoms with Crippen molar-refractivity contribution >= 4 is 51.9 Å². The van der Waals surface area contributed by atoms with Crippen molar-refractivity contribution in [3.63, 3.8) is 0 Å². The smallest absolute Gasteiger partial charge is 0.266 e. The molecule has 10 heteroatoms. The summed E-state index contributed by atoms with van der Waals surface area (Å²) in [7, 11) is 6.13. The van der Waals surface area contributed by atoms with Crippen LogP contribution in [0.1, 0.15) is 12.0 Å². The maximum atomic E-state index is 12.9. The number of ether oxygens (including phenoxy) is 4. The minimum atomic E-state index is -0.257. The number of hydrogen-bond donors (Lipinski definition) is 1. The van der Waals surface area contributed by atoms with Crippen molar-refractivity contribution in [2.75, 3.05) is 40.3 Å². The largest absolute Gasteiger partial charge is 0.497 e. The van der Waals surface area contributed by atoms with Crippen LogP contribution in [0.25, 0.3) is 6.08 Å². The number of hydrogen-bond acceptors (Lipinski definition) is 8. The number of amides is 2. The normalized spacial score (nSPS) is 14.4. The van der Waals surface area contributed by atoms with E-state index in [2.05, 4.69) is 5.32 Å². The summed E-state index contributed by atoms with van der Waals surface area (Å²) in [5.74, 6) is 1.58. The van der Waals surface area contributed by atoms with Crippen LogP contribution in [0.4, 0.5) is 5.69 Å². The third kappa shape index (κ3) is 5.77. The van der Waals surface area contributed by atoms with Gasteiger partial charge in [0.2, 0.25) is 11.7 Å². The summed E-state index contributed by atoms with van der Waals surface area (Å²) in [6, 6.07) is 10.5. The van der Waals surface area contributed by atoms with E-state index < -0.39 is 0 Å². The highest BCUT2D eigenvalue weighted by atomic mass is 32.2. The van der Waals surface area contributed by atoms with Crippen molar-refractivity contribution in [2.45, 2.75) is 6.42 Å². The Morgan fingerprint density at radius 1 is 1.06 bits per heavy atom. The highest BCUT2D eigenvalue weighted by Gasteiger charge is 2.32. The van der Waals surface area contributed by atoms with Crippen LogP contribution in [0.3, 0.4) is 0 Å². The van der Waals surface area contributed by atoms with E-state index in [0.717, 1.165) is 0 Å². The molecule has 1 aliphatic heterocycles. The van der Waals surface area contributed by atoms with Gasteiger partial charge in [-0.25, -0.2) is 0 Å². The Morgan fingerprint density at radius 3 is 2.36 bits per heavy atom. The molecule has 174 valence electrons. The lowest BCUT2D eigenvalue weighted by Gasteiger charge is -2.14. The van der Waals surface area contributed by atoms with E-state index in [1.54, 1.807) is 49.6 Å². The highest BCUT2D eigenvalue weighted by Crippen LogP contribution is 2.40. The Bertz CT molecular complexity index is 1080. The highest BCUT2D eigenvalue weighted by molar-refractivity contribution is 8.26. The number of rotatable bonds is 9. The number of benzene rings is 2. The van der Waals surface area contributed by atoms with Crippen molar-refractivity contribution < 1.29 is 28.5 Å². The lowest BCUT2D eigenvalue weighted by Crippen LogP contribution is -2.31. The van der Waals surface area contributed by atoms with Crippen LogP contribution in [-0.4, -0.2) is 56.0 Å². The van der Waals surface area contributed by atoms with Gasteiger partial charge >= 0.3 is 0 Å². The predicted molar refractivity (Wildman–Crippen MR) is 132 cm³/mol. The molecule has 2 amide bonds. The zero-order valence-corrected chi connectivity index (χ0v) is 20.3. The average molecular weight is 489 g/mol. The second-order valence-corrected chi connectivity index (χ2v) is 8.50. The van der Waals surface area contributed by atoms with Crippen LogP contribution >= 0.6 is 24.0 Å². The molecule has 0 spiro atoms. The monoisotopic (exact) mass is 488 g/mol. The molecule has 0 saturated carbocycles. The van der Waals surface area contributed by atoms with E-state index in [1.807, 2.05) is 0 Å². The molecule has 1 aliphatic rings. The minimum absolute atomic E-state index is 0.0983. The Hall–Kier alpha value is -3.24. The Kier molecular flexibility index (Phi) is 8.18. The van der Waals surface area contributed by atoms with Gasteiger partial charge in [-0.15, -0.1) is 0 Å². The summed E-state index contributed by atoms with van der Waals surface area (Å²) in [6.07, 6.45) is 1.81. The first-order valence-electron chi connectivity index (χ1n) is 9.89. The SMILES string of the molecule is COc1cccc(NC(=O)CCN2C(=O)C(=Cc3cc(OC)c(OC)c(OC)c3)SC2=S)c1. The summed E-state index contributed by atoms with van der Waals surface area (Å²) >= 11 is 6.55. The maximum absolute atomic E-state index is 12.9. The summed E-state index contributed by atoms with van der Waals surface area (Å²) in [6.45, 7) is 0.174. The molecule has 1 fully saturated rings. The summed E-state index contributed by atoms with van der Waals surface area (Å²) in [4.78, 5) is 27.2. The minimum Gasteiger partial charge on any atom is -0.497 e. The number of nitrogens with zero attached hydrogens (tertiary/aromatic N) is 1. The van der Waals surface area contributed by atoms with Gasteiger partial charge in [0.15, 0.2) is 11.5 Å². The third-order valence-corrected chi connectivity index (χ3v) is 6.15. The van der Waals surface area contributed by atoms with E-state index in [-0.39, 0.29) is 24.8 Å². The van der Waals surface area contributed by atoms with Gasteiger partial charge in [-0.1, -0.05) is 30.0 Å². The van der Waals surface area contributed by atoms with Crippen molar-refractivity contribution in [3.05, 3.63) is 46.9 Å². The molecular formula is C23H24N2O6S2. The number of nitrogens with one attached hydrogen (secondary N) is 1. The molecular weight excluding hydrogens is 464 g/mol. The van der Waals surface area contributed by atoms with Gasteiger partial charge in [-0.3, -0.25) is 14.5 Å². The molecule has 0 aromatic heterocycles. The molecule has 33 heavy (non-hydrogen) atoms. The summed E-state index contributed by atoms with van der Waals surface area (Å²) in [5, 5.41) is 2.80. The summed E-state index contributed by atoms with van der Waals surface area (Å²) < 4.78 is 21.6. The second-order valence-electron chi connectivity index (χ2n) is 6.82. The van der Waals surface area contributed by atoms with Crippen LogP contribution in [0.2, 0.25) is 0 Å². The van der Waals surface area contributed by atoms with Gasteiger partial charge in [0, 0.05) is 24.7 Å².